The van der Waals surface area contributed by atoms with E-state index in [1.807, 2.05) is 6.07 Å². The lowest BCUT2D eigenvalue weighted by Crippen LogP contribution is -2.46. The highest BCUT2D eigenvalue weighted by molar-refractivity contribution is 5.00. The van der Waals surface area contributed by atoms with Crippen molar-refractivity contribution in [2.24, 2.45) is 5.92 Å². The summed E-state index contributed by atoms with van der Waals surface area (Å²) in [7, 11) is 0. The van der Waals surface area contributed by atoms with Crippen molar-refractivity contribution in [3.63, 3.8) is 0 Å². The Morgan fingerprint density at radius 3 is 2.84 bits per heavy atom. The van der Waals surface area contributed by atoms with Crippen LogP contribution in [0.4, 0.5) is 0 Å². The van der Waals surface area contributed by atoms with Crippen LogP contribution in [-0.2, 0) is 6.42 Å². The van der Waals surface area contributed by atoms with Crippen molar-refractivity contribution in [2.45, 2.75) is 52.1 Å². The van der Waals surface area contributed by atoms with E-state index in [2.05, 4.69) is 37.1 Å². The summed E-state index contributed by atoms with van der Waals surface area (Å²) in [6.07, 6.45) is 5.46. The van der Waals surface area contributed by atoms with E-state index in [0.29, 0.717) is 12.1 Å². The Morgan fingerprint density at radius 2 is 2.26 bits per heavy atom. The molecule has 0 aromatic carbocycles. The van der Waals surface area contributed by atoms with Gasteiger partial charge in [-0.1, -0.05) is 0 Å². The van der Waals surface area contributed by atoms with E-state index in [1.165, 1.54) is 32.5 Å². The van der Waals surface area contributed by atoms with Crippen LogP contribution in [0.1, 0.15) is 39.4 Å². The second-order valence-electron chi connectivity index (χ2n) is 6.14. The molecule has 1 aliphatic rings. The van der Waals surface area contributed by atoms with E-state index < -0.39 is 0 Å². The molecule has 2 atom stereocenters. The number of rotatable bonds is 6. The third-order valence-electron chi connectivity index (χ3n) is 4.17. The van der Waals surface area contributed by atoms with Crippen LogP contribution in [0.5, 0.6) is 0 Å². The number of hydrogen-bond donors (Lipinski definition) is 1. The largest absolute Gasteiger partial charge is 0.469 e. The van der Waals surface area contributed by atoms with Gasteiger partial charge in [0.25, 0.3) is 0 Å². The molecule has 0 aliphatic carbocycles. The van der Waals surface area contributed by atoms with Crippen LogP contribution in [-0.4, -0.2) is 36.6 Å². The van der Waals surface area contributed by atoms with Crippen LogP contribution in [0.25, 0.3) is 0 Å². The fourth-order valence-corrected chi connectivity index (χ4v) is 3.11. The molecule has 1 N–H and O–H groups in total. The first-order valence-corrected chi connectivity index (χ1v) is 7.65. The summed E-state index contributed by atoms with van der Waals surface area (Å²) in [5, 5.41) is 3.52. The van der Waals surface area contributed by atoms with Gasteiger partial charge in [0.2, 0.25) is 0 Å². The van der Waals surface area contributed by atoms with Crippen LogP contribution >= 0.6 is 0 Å². The predicted octanol–water partition coefficient (Wildman–Crippen LogP) is 2.92. The molecule has 0 spiro atoms. The van der Waals surface area contributed by atoms with Crippen molar-refractivity contribution in [3.05, 3.63) is 24.2 Å². The monoisotopic (exact) mass is 264 g/mol. The highest BCUT2D eigenvalue weighted by Crippen LogP contribution is 2.18. The summed E-state index contributed by atoms with van der Waals surface area (Å²) in [5.74, 6) is 1.90. The van der Waals surface area contributed by atoms with Gasteiger partial charge in [-0.2, -0.15) is 0 Å². The second kappa shape index (κ2) is 7.11. The Bertz CT molecular complexity index is 342. The van der Waals surface area contributed by atoms with Crippen molar-refractivity contribution in [1.82, 2.24) is 10.2 Å². The van der Waals surface area contributed by atoms with Crippen molar-refractivity contribution < 1.29 is 4.42 Å². The summed E-state index contributed by atoms with van der Waals surface area (Å²) in [6.45, 7) is 10.5. The maximum Gasteiger partial charge on any atom is 0.105 e. The predicted molar refractivity (Wildman–Crippen MR) is 79.3 cm³/mol. The number of piperidine rings is 1. The Balaban J connectivity index is 1.90. The SMILES string of the molecule is CC(C)N(CC1CCCNC1)C(C)Cc1ccco1. The van der Waals surface area contributed by atoms with E-state index in [4.69, 9.17) is 4.42 Å². The van der Waals surface area contributed by atoms with Gasteiger partial charge in [-0.05, 0) is 64.8 Å². The molecule has 1 aliphatic heterocycles. The molecule has 1 aromatic rings. The van der Waals surface area contributed by atoms with Crippen LogP contribution < -0.4 is 5.32 Å². The van der Waals surface area contributed by atoms with E-state index in [-0.39, 0.29) is 0 Å². The summed E-state index contributed by atoms with van der Waals surface area (Å²) in [4.78, 5) is 2.63. The van der Waals surface area contributed by atoms with Crippen molar-refractivity contribution >= 4 is 0 Å². The molecule has 3 heteroatoms. The summed E-state index contributed by atoms with van der Waals surface area (Å²) in [6, 6.07) is 5.18. The zero-order chi connectivity index (χ0) is 13.7. The fraction of sp³-hybridized carbons (Fsp3) is 0.750. The quantitative estimate of drug-likeness (QED) is 0.856. The van der Waals surface area contributed by atoms with Crippen molar-refractivity contribution in [1.29, 1.82) is 0 Å². The van der Waals surface area contributed by atoms with E-state index in [1.54, 1.807) is 6.26 Å². The summed E-state index contributed by atoms with van der Waals surface area (Å²) in [5.41, 5.74) is 0. The minimum Gasteiger partial charge on any atom is -0.469 e. The van der Waals surface area contributed by atoms with Crippen LogP contribution in [0, 0.1) is 5.92 Å². The minimum atomic E-state index is 0.535. The number of nitrogens with one attached hydrogen (secondary N) is 1. The van der Waals surface area contributed by atoms with Crippen molar-refractivity contribution in [3.8, 4) is 0 Å². The molecule has 108 valence electrons. The highest BCUT2D eigenvalue weighted by Gasteiger charge is 2.23. The number of nitrogens with zero attached hydrogens (tertiary/aromatic N) is 1. The molecular formula is C16H28N2O. The molecule has 1 fully saturated rings. The first kappa shape index (κ1) is 14.6. The standard InChI is InChI=1S/C16H28N2O/c1-13(2)18(12-15-6-4-8-17-11-15)14(3)10-16-7-5-9-19-16/h5,7,9,13-15,17H,4,6,8,10-12H2,1-3H3. The number of hydrogen-bond acceptors (Lipinski definition) is 3. The molecule has 2 rings (SSSR count). The van der Waals surface area contributed by atoms with Crippen LogP contribution in [0.2, 0.25) is 0 Å². The Labute approximate surface area is 117 Å². The molecule has 0 amide bonds. The molecule has 3 nitrogen and oxygen atoms in total. The van der Waals surface area contributed by atoms with Gasteiger partial charge in [0.15, 0.2) is 0 Å². The first-order valence-electron chi connectivity index (χ1n) is 7.65. The normalized spacial score (nSPS) is 22.1. The highest BCUT2D eigenvalue weighted by atomic mass is 16.3. The van der Waals surface area contributed by atoms with Gasteiger partial charge in [-0.15, -0.1) is 0 Å². The van der Waals surface area contributed by atoms with Gasteiger partial charge in [0.05, 0.1) is 6.26 Å². The third kappa shape index (κ3) is 4.36. The van der Waals surface area contributed by atoms with Crippen LogP contribution in [0.15, 0.2) is 22.8 Å². The average molecular weight is 264 g/mol. The van der Waals surface area contributed by atoms with Gasteiger partial charge in [0.1, 0.15) is 5.76 Å². The zero-order valence-corrected chi connectivity index (χ0v) is 12.6. The zero-order valence-electron chi connectivity index (χ0n) is 12.6. The Hall–Kier alpha value is -0.800. The van der Waals surface area contributed by atoms with Gasteiger partial charge >= 0.3 is 0 Å². The second-order valence-corrected chi connectivity index (χ2v) is 6.14. The molecule has 2 unspecified atom stereocenters. The summed E-state index contributed by atoms with van der Waals surface area (Å²) >= 11 is 0. The van der Waals surface area contributed by atoms with E-state index >= 15 is 0 Å². The maximum atomic E-state index is 5.49. The molecular weight excluding hydrogens is 236 g/mol. The van der Waals surface area contributed by atoms with E-state index in [0.717, 1.165) is 18.1 Å². The molecule has 0 saturated carbocycles. The van der Waals surface area contributed by atoms with Gasteiger partial charge in [-0.25, -0.2) is 0 Å². The molecule has 19 heavy (non-hydrogen) atoms. The Kier molecular flexibility index (Phi) is 5.46. The van der Waals surface area contributed by atoms with Crippen molar-refractivity contribution in [2.75, 3.05) is 19.6 Å². The van der Waals surface area contributed by atoms with Gasteiger partial charge in [-0.3, -0.25) is 4.90 Å². The molecule has 0 radical (unpaired) electrons. The summed E-state index contributed by atoms with van der Waals surface area (Å²) < 4.78 is 5.49. The van der Waals surface area contributed by atoms with E-state index in [9.17, 15) is 0 Å². The molecule has 1 saturated heterocycles. The van der Waals surface area contributed by atoms with Crippen LogP contribution in [0.3, 0.4) is 0 Å². The Morgan fingerprint density at radius 1 is 1.42 bits per heavy atom. The third-order valence-corrected chi connectivity index (χ3v) is 4.17. The average Bonchev–Trinajstić information content (AvgIpc) is 2.89. The first-order chi connectivity index (χ1) is 9.16. The van der Waals surface area contributed by atoms with Gasteiger partial charge in [0, 0.05) is 25.0 Å². The maximum absolute atomic E-state index is 5.49. The lowest BCUT2D eigenvalue weighted by Gasteiger charge is -2.36. The molecule has 2 heterocycles. The molecule has 1 aromatic heterocycles. The smallest absolute Gasteiger partial charge is 0.105 e. The lowest BCUT2D eigenvalue weighted by molar-refractivity contribution is 0.123. The lowest BCUT2D eigenvalue weighted by atomic mass is 9.97. The number of furan rings is 1. The fourth-order valence-electron chi connectivity index (χ4n) is 3.11. The molecule has 0 bridgehead atoms. The topological polar surface area (TPSA) is 28.4 Å². The van der Waals surface area contributed by atoms with Gasteiger partial charge < -0.3 is 9.73 Å². The minimum absolute atomic E-state index is 0.535.